The topological polar surface area (TPSA) is 186 Å². The molecule has 2 aromatic heterocycles. The van der Waals surface area contributed by atoms with Gasteiger partial charge in [-0.3, -0.25) is 14.4 Å². The number of nitrogens with two attached hydrogens (primary N) is 1. The van der Waals surface area contributed by atoms with Crippen molar-refractivity contribution in [1.29, 1.82) is 0 Å². The van der Waals surface area contributed by atoms with Crippen molar-refractivity contribution < 1.29 is 24.3 Å². The first-order chi connectivity index (χ1) is 18.7. The van der Waals surface area contributed by atoms with Crippen LogP contribution in [0.15, 0.2) is 43.0 Å². The Morgan fingerprint density at radius 3 is 2.62 bits per heavy atom. The highest BCUT2D eigenvalue weighted by Gasteiger charge is 2.38. The Morgan fingerprint density at radius 2 is 1.92 bits per heavy atom. The quantitative estimate of drug-likeness (QED) is 0.208. The average molecular weight is 538 g/mol. The molecule has 39 heavy (non-hydrogen) atoms. The molecule has 4 atom stereocenters. The molecule has 1 aromatic carbocycles. The Morgan fingerprint density at radius 1 is 1.15 bits per heavy atom. The van der Waals surface area contributed by atoms with Gasteiger partial charge in [0.25, 0.3) is 0 Å². The highest BCUT2D eigenvalue weighted by atomic mass is 16.4. The summed E-state index contributed by atoms with van der Waals surface area (Å²) in [6.07, 6.45) is 6.30. The normalized spacial score (nSPS) is 17.6. The molecule has 1 fully saturated rings. The van der Waals surface area contributed by atoms with Crippen LogP contribution in [0.3, 0.4) is 0 Å². The Labute approximate surface area is 225 Å². The van der Waals surface area contributed by atoms with Gasteiger partial charge in [0.15, 0.2) is 0 Å². The van der Waals surface area contributed by atoms with Gasteiger partial charge in [-0.15, -0.1) is 0 Å². The van der Waals surface area contributed by atoms with Crippen LogP contribution in [0.5, 0.6) is 0 Å². The van der Waals surface area contributed by atoms with Gasteiger partial charge in [-0.1, -0.05) is 32.0 Å². The van der Waals surface area contributed by atoms with E-state index in [1.54, 1.807) is 26.2 Å². The van der Waals surface area contributed by atoms with E-state index in [-0.39, 0.29) is 24.7 Å². The van der Waals surface area contributed by atoms with Gasteiger partial charge in [0.1, 0.15) is 18.1 Å². The van der Waals surface area contributed by atoms with Crippen LogP contribution in [0.1, 0.15) is 37.9 Å². The fourth-order valence-corrected chi connectivity index (χ4v) is 5.00. The smallest absolute Gasteiger partial charge is 0.326 e. The van der Waals surface area contributed by atoms with E-state index in [0.717, 1.165) is 16.5 Å². The number of hydrogen-bond donors (Lipinski definition) is 6. The van der Waals surface area contributed by atoms with Crippen molar-refractivity contribution in [2.45, 2.75) is 63.7 Å². The minimum atomic E-state index is -1.16. The monoisotopic (exact) mass is 537 g/mol. The van der Waals surface area contributed by atoms with Gasteiger partial charge in [-0.05, 0) is 30.4 Å². The van der Waals surface area contributed by atoms with Crippen LogP contribution < -0.4 is 16.4 Å². The largest absolute Gasteiger partial charge is 0.480 e. The zero-order valence-corrected chi connectivity index (χ0v) is 22.0. The minimum absolute atomic E-state index is 0.131. The standard InChI is InChI=1S/C27H35N7O5/c1-15(2)23(27(38)39)33-24(35)21(10-16-12-30-20-7-4-3-6-18(16)20)32-25(36)22-8-5-9-34(22)26(37)19(28)11-17-13-29-14-31-17/h3-4,6-7,12-15,19,21-23,30H,5,8-11,28H2,1-2H3,(H,29,31)(H,32,36)(H,33,35)(H,38,39). The summed E-state index contributed by atoms with van der Waals surface area (Å²) < 4.78 is 0. The van der Waals surface area contributed by atoms with E-state index < -0.39 is 42.0 Å². The maximum absolute atomic E-state index is 13.5. The molecule has 0 saturated carbocycles. The number of fused-ring (bicyclic) bond motifs is 1. The number of nitrogens with one attached hydrogen (secondary N) is 4. The summed E-state index contributed by atoms with van der Waals surface area (Å²) >= 11 is 0. The molecule has 12 nitrogen and oxygen atoms in total. The molecule has 0 spiro atoms. The number of carboxylic acid groups (broad SMARTS) is 1. The molecule has 208 valence electrons. The molecule has 1 saturated heterocycles. The summed E-state index contributed by atoms with van der Waals surface area (Å²) in [6.45, 7) is 3.77. The van der Waals surface area contributed by atoms with E-state index >= 15 is 0 Å². The van der Waals surface area contributed by atoms with E-state index in [1.165, 1.54) is 11.2 Å². The summed E-state index contributed by atoms with van der Waals surface area (Å²) in [5.74, 6) is -2.97. The molecule has 12 heteroatoms. The van der Waals surface area contributed by atoms with Gasteiger partial charge in [-0.25, -0.2) is 9.78 Å². The number of para-hydroxylation sites is 1. The molecule has 1 aliphatic rings. The van der Waals surface area contributed by atoms with Gasteiger partial charge in [0.2, 0.25) is 17.7 Å². The highest BCUT2D eigenvalue weighted by molar-refractivity contribution is 5.95. The van der Waals surface area contributed by atoms with Crippen molar-refractivity contribution in [3.05, 3.63) is 54.2 Å². The molecular weight excluding hydrogens is 502 g/mol. The molecule has 1 aliphatic heterocycles. The van der Waals surface area contributed by atoms with E-state index in [4.69, 9.17) is 5.73 Å². The van der Waals surface area contributed by atoms with Crippen LogP contribution in [0.25, 0.3) is 10.9 Å². The van der Waals surface area contributed by atoms with Crippen molar-refractivity contribution >= 4 is 34.6 Å². The summed E-state index contributed by atoms with van der Waals surface area (Å²) in [7, 11) is 0. The lowest BCUT2D eigenvalue weighted by molar-refractivity contribution is -0.144. The van der Waals surface area contributed by atoms with Crippen molar-refractivity contribution in [3.63, 3.8) is 0 Å². The number of carboxylic acids is 1. The number of nitrogens with zero attached hydrogens (tertiary/aromatic N) is 2. The third-order valence-corrected chi connectivity index (χ3v) is 7.11. The van der Waals surface area contributed by atoms with Crippen LogP contribution in [0.2, 0.25) is 0 Å². The van der Waals surface area contributed by atoms with Gasteiger partial charge in [-0.2, -0.15) is 0 Å². The minimum Gasteiger partial charge on any atom is -0.480 e. The Kier molecular flexibility index (Phi) is 8.65. The van der Waals surface area contributed by atoms with E-state index in [0.29, 0.717) is 25.1 Å². The highest BCUT2D eigenvalue weighted by Crippen LogP contribution is 2.22. The SMILES string of the molecule is CC(C)C(NC(=O)C(Cc1c[nH]c2ccccc12)NC(=O)C1CCCN1C(=O)C(N)Cc1cnc[nH]1)C(=O)O. The number of amides is 3. The van der Waals surface area contributed by atoms with Crippen molar-refractivity contribution in [2.75, 3.05) is 6.54 Å². The molecule has 3 amide bonds. The van der Waals surface area contributed by atoms with Gasteiger partial charge >= 0.3 is 5.97 Å². The number of imidazole rings is 1. The lowest BCUT2D eigenvalue weighted by Crippen LogP contribution is -2.57. The van der Waals surface area contributed by atoms with Crippen LogP contribution >= 0.6 is 0 Å². The first-order valence-electron chi connectivity index (χ1n) is 13.1. The Bertz CT molecular complexity index is 1320. The van der Waals surface area contributed by atoms with Crippen LogP contribution in [0.4, 0.5) is 0 Å². The predicted octanol–water partition coefficient (Wildman–Crippen LogP) is 0.705. The van der Waals surface area contributed by atoms with Gasteiger partial charge < -0.3 is 36.3 Å². The molecular formula is C27H35N7O5. The van der Waals surface area contributed by atoms with Gasteiger partial charge in [0.05, 0.1) is 12.4 Å². The summed E-state index contributed by atoms with van der Waals surface area (Å²) in [6, 6.07) is 3.75. The lowest BCUT2D eigenvalue weighted by Gasteiger charge is -2.29. The lowest BCUT2D eigenvalue weighted by atomic mass is 10.0. The second-order valence-corrected chi connectivity index (χ2v) is 10.3. The van der Waals surface area contributed by atoms with Gasteiger partial charge in [0, 0.05) is 48.4 Å². The summed E-state index contributed by atoms with van der Waals surface area (Å²) in [5, 5.41) is 15.9. The maximum Gasteiger partial charge on any atom is 0.326 e. The molecule has 0 bridgehead atoms. The first-order valence-corrected chi connectivity index (χ1v) is 13.1. The number of rotatable bonds is 11. The Hall–Kier alpha value is -4.19. The fourth-order valence-electron chi connectivity index (χ4n) is 5.00. The van der Waals surface area contributed by atoms with E-state index in [2.05, 4.69) is 25.6 Å². The van der Waals surface area contributed by atoms with Crippen LogP contribution in [-0.2, 0) is 32.0 Å². The molecule has 4 rings (SSSR count). The van der Waals surface area contributed by atoms with Crippen molar-refractivity contribution in [1.82, 2.24) is 30.5 Å². The number of carbonyl (C=O) groups excluding carboxylic acids is 3. The third kappa shape index (κ3) is 6.45. The predicted molar refractivity (Wildman–Crippen MR) is 143 cm³/mol. The van der Waals surface area contributed by atoms with Crippen LogP contribution in [0, 0.1) is 5.92 Å². The first kappa shape index (κ1) is 27.8. The van der Waals surface area contributed by atoms with Crippen LogP contribution in [-0.4, -0.2) is 79.4 Å². The molecule has 3 aromatic rings. The number of likely N-dealkylation sites (tertiary alicyclic amines) is 1. The number of carbonyl (C=O) groups is 4. The number of aromatic nitrogens is 3. The molecule has 7 N–H and O–H groups in total. The molecule has 0 aliphatic carbocycles. The average Bonchev–Trinajstić information content (AvgIpc) is 3.67. The number of benzene rings is 1. The molecule has 0 radical (unpaired) electrons. The third-order valence-electron chi connectivity index (χ3n) is 7.11. The second kappa shape index (κ2) is 12.1. The van der Waals surface area contributed by atoms with E-state index in [9.17, 15) is 24.3 Å². The molecule has 4 unspecified atom stereocenters. The Balaban J connectivity index is 1.52. The fraction of sp³-hybridized carbons (Fsp3) is 0.444. The zero-order chi connectivity index (χ0) is 28.1. The zero-order valence-electron chi connectivity index (χ0n) is 22.0. The summed E-state index contributed by atoms with van der Waals surface area (Å²) in [5.41, 5.74) is 8.55. The number of H-pyrrole nitrogens is 2. The summed E-state index contributed by atoms with van der Waals surface area (Å²) in [4.78, 5) is 63.2. The van der Waals surface area contributed by atoms with Crippen molar-refractivity contribution in [3.8, 4) is 0 Å². The van der Waals surface area contributed by atoms with Crippen molar-refractivity contribution in [2.24, 2.45) is 11.7 Å². The second-order valence-electron chi connectivity index (χ2n) is 10.3. The van der Waals surface area contributed by atoms with E-state index in [1.807, 2.05) is 24.3 Å². The number of hydrogen-bond acceptors (Lipinski definition) is 6. The molecule has 3 heterocycles. The number of aliphatic carboxylic acids is 1. The number of aromatic amines is 2. The maximum atomic E-state index is 13.5.